The molecule has 0 atom stereocenters. The Morgan fingerprint density at radius 3 is 2.22 bits per heavy atom. The minimum atomic E-state index is 0.743. The lowest BCUT2D eigenvalue weighted by molar-refractivity contribution is 1.15. The maximum Gasteiger partial charge on any atom is 0.0579 e. The van der Waals surface area contributed by atoms with Crippen LogP contribution in [0.1, 0.15) is 16.7 Å². The predicted molar refractivity (Wildman–Crippen MR) is 78.5 cm³/mol. The van der Waals surface area contributed by atoms with Crippen molar-refractivity contribution in [3.63, 3.8) is 0 Å². The SMILES string of the molecule is Cc1cc(N)c(NCc2ccc(N)cc2)cc1C. The van der Waals surface area contributed by atoms with Crippen molar-refractivity contribution < 1.29 is 0 Å². The molecule has 0 aromatic heterocycles. The van der Waals surface area contributed by atoms with E-state index in [1.165, 1.54) is 16.7 Å². The zero-order chi connectivity index (χ0) is 13.1. The molecule has 0 saturated heterocycles. The molecule has 0 unspecified atom stereocenters. The highest BCUT2D eigenvalue weighted by Gasteiger charge is 2.02. The second-order valence-corrected chi connectivity index (χ2v) is 4.62. The van der Waals surface area contributed by atoms with Gasteiger partial charge in [-0.2, -0.15) is 0 Å². The first-order valence-corrected chi connectivity index (χ1v) is 6.01. The number of nitrogen functional groups attached to an aromatic ring is 2. The molecule has 0 saturated carbocycles. The number of nitrogens with two attached hydrogens (primary N) is 2. The van der Waals surface area contributed by atoms with Crippen LogP contribution < -0.4 is 16.8 Å². The molecule has 0 aliphatic heterocycles. The van der Waals surface area contributed by atoms with Gasteiger partial charge in [0.05, 0.1) is 11.4 Å². The molecule has 18 heavy (non-hydrogen) atoms. The van der Waals surface area contributed by atoms with Crippen LogP contribution in [0.15, 0.2) is 36.4 Å². The van der Waals surface area contributed by atoms with Crippen LogP contribution in [0.3, 0.4) is 0 Å². The zero-order valence-corrected chi connectivity index (χ0v) is 10.8. The lowest BCUT2D eigenvalue weighted by atomic mass is 10.1. The third kappa shape index (κ3) is 2.74. The summed E-state index contributed by atoms with van der Waals surface area (Å²) in [6.45, 7) is 4.89. The number of aryl methyl sites for hydroxylation is 2. The number of rotatable bonds is 3. The van der Waals surface area contributed by atoms with Crippen molar-refractivity contribution >= 4 is 17.1 Å². The molecule has 0 aliphatic rings. The standard InChI is InChI=1S/C15H19N3/c1-10-7-14(17)15(8-11(10)2)18-9-12-3-5-13(16)6-4-12/h3-8,18H,9,16-17H2,1-2H3. The highest BCUT2D eigenvalue weighted by Crippen LogP contribution is 2.23. The molecular formula is C15H19N3. The van der Waals surface area contributed by atoms with E-state index < -0.39 is 0 Å². The number of anilines is 3. The third-order valence-electron chi connectivity index (χ3n) is 3.13. The topological polar surface area (TPSA) is 64.1 Å². The second kappa shape index (κ2) is 5.00. The largest absolute Gasteiger partial charge is 0.399 e. The average Bonchev–Trinajstić information content (AvgIpc) is 2.34. The quantitative estimate of drug-likeness (QED) is 0.723. The van der Waals surface area contributed by atoms with Crippen LogP contribution in [0.2, 0.25) is 0 Å². The molecule has 2 aromatic carbocycles. The van der Waals surface area contributed by atoms with E-state index in [4.69, 9.17) is 11.5 Å². The van der Waals surface area contributed by atoms with Gasteiger partial charge in [-0.05, 0) is 54.8 Å². The smallest absolute Gasteiger partial charge is 0.0579 e. The molecule has 0 heterocycles. The normalized spacial score (nSPS) is 10.3. The van der Waals surface area contributed by atoms with Crippen molar-refractivity contribution in [2.75, 3.05) is 16.8 Å². The lowest BCUT2D eigenvalue weighted by Crippen LogP contribution is -2.03. The van der Waals surface area contributed by atoms with Crippen LogP contribution in [-0.2, 0) is 6.54 Å². The summed E-state index contributed by atoms with van der Waals surface area (Å²) < 4.78 is 0. The monoisotopic (exact) mass is 241 g/mol. The number of nitrogens with one attached hydrogen (secondary N) is 1. The second-order valence-electron chi connectivity index (χ2n) is 4.62. The third-order valence-corrected chi connectivity index (χ3v) is 3.13. The summed E-state index contributed by atoms with van der Waals surface area (Å²) in [4.78, 5) is 0. The van der Waals surface area contributed by atoms with Gasteiger partial charge in [0.15, 0.2) is 0 Å². The van der Waals surface area contributed by atoms with Gasteiger partial charge in [0.2, 0.25) is 0 Å². The number of benzene rings is 2. The van der Waals surface area contributed by atoms with E-state index in [0.717, 1.165) is 23.6 Å². The Bertz CT molecular complexity index is 544. The van der Waals surface area contributed by atoms with Gasteiger partial charge >= 0.3 is 0 Å². The molecule has 2 aromatic rings. The summed E-state index contributed by atoms with van der Waals surface area (Å²) in [5.41, 5.74) is 17.8. The van der Waals surface area contributed by atoms with Crippen LogP contribution in [-0.4, -0.2) is 0 Å². The van der Waals surface area contributed by atoms with Gasteiger partial charge in [0.25, 0.3) is 0 Å². The van der Waals surface area contributed by atoms with Gasteiger partial charge in [0, 0.05) is 12.2 Å². The Morgan fingerprint density at radius 2 is 1.56 bits per heavy atom. The fourth-order valence-corrected chi connectivity index (χ4v) is 1.82. The summed E-state index contributed by atoms with van der Waals surface area (Å²) in [6, 6.07) is 11.9. The van der Waals surface area contributed by atoms with E-state index in [0.29, 0.717) is 0 Å². The van der Waals surface area contributed by atoms with E-state index in [1.54, 1.807) is 0 Å². The first kappa shape index (κ1) is 12.3. The fraction of sp³-hybridized carbons (Fsp3) is 0.200. The van der Waals surface area contributed by atoms with Crippen molar-refractivity contribution in [2.45, 2.75) is 20.4 Å². The molecule has 0 spiro atoms. The molecule has 3 nitrogen and oxygen atoms in total. The van der Waals surface area contributed by atoms with Crippen molar-refractivity contribution in [1.29, 1.82) is 0 Å². The lowest BCUT2D eigenvalue weighted by Gasteiger charge is -2.12. The van der Waals surface area contributed by atoms with Crippen LogP contribution in [0.5, 0.6) is 0 Å². The van der Waals surface area contributed by atoms with Gasteiger partial charge in [-0.15, -0.1) is 0 Å². The summed E-state index contributed by atoms with van der Waals surface area (Å²) >= 11 is 0. The van der Waals surface area contributed by atoms with E-state index in [-0.39, 0.29) is 0 Å². The van der Waals surface area contributed by atoms with Crippen LogP contribution >= 0.6 is 0 Å². The minimum Gasteiger partial charge on any atom is -0.399 e. The molecule has 3 heteroatoms. The fourth-order valence-electron chi connectivity index (χ4n) is 1.82. The Morgan fingerprint density at radius 1 is 0.944 bits per heavy atom. The molecule has 0 aliphatic carbocycles. The average molecular weight is 241 g/mol. The summed E-state index contributed by atoms with van der Waals surface area (Å²) in [7, 11) is 0. The highest BCUT2D eigenvalue weighted by molar-refractivity contribution is 5.68. The summed E-state index contributed by atoms with van der Waals surface area (Å²) in [5.74, 6) is 0. The Kier molecular flexibility index (Phi) is 3.42. The number of hydrogen-bond donors (Lipinski definition) is 3. The van der Waals surface area contributed by atoms with Crippen molar-refractivity contribution in [2.24, 2.45) is 0 Å². The maximum atomic E-state index is 6.00. The predicted octanol–water partition coefficient (Wildman–Crippen LogP) is 3.08. The van der Waals surface area contributed by atoms with Crippen molar-refractivity contribution in [3.05, 3.63) is 53.1 Å². The van der Waals surface area contributed by atoms with Crippen molar-refractivity contribution in [1.82, 2.24) is 0 Å². The molecule has 0 fully saturated rings. The Hall–Kier alpha value is -2.16. The van der Waals surface area contributed by atoms with E-state index >= 15 is 0 Å². The van der Waals surface area contributed by atoms with Crippen molar-refractivity contribution in [3.8, 4) is 0 Å². The molecule has 5 N–H and O–H groups in total. The Labute approximate surface area is 108 Å². The van der Waals surface area contributed by atoms with E-state index in [9.17, 15) is 0 Å². The van der Waals surface area contributed by atoms with Crippen LogP contribution in [0, 0.1) is 13.8 Å². The molecule has 0 amide bonds. The van der Waals surface area contributed by atoms with Gasteiger partial charge in [0.1, 0.15) is 0 Å². The molecule has 2 rings (SSSR count). The zero-order valence-electron chi connectivity index (χ0n) is 10.8. The summed E-state index contributed by atoms with van der Waals surface area (Å²) in [5, 5.41) is 3.35. The van der Waals surface area contributed by atoms with E-state index in [2.05, 4.69) is 25.2 Å². The molecule has 0 bridgehead atoms. The molecule has 94 valence electrons. The van der Waals surface area contributed by atoms with Gasteiger partial charge < -0.3 is 16.8 Å². The van der Waals surface area contributed by atoms with Gasteiger partial charge in [-0.3, -0.25) is 0 Å². The summed E-state index contributed by atoms with van der Waals surface area (Å²) in [6.07, 6.45) is 0. The van der Waals surface area contributed by atoms with Crippen LogP contribution in [0.4, 0.5) is 17.1 Å². The Balaban J connectivity index is 2.10. The number of hydrogen-bond acceptors (Lipinski definition) is 3. The van der Waals surface area contributed by atoms with Gasteiger partial charge in [-0.25, -0.2) is 0 Å². The first-order valence-electron chi connectivity index (χ1n) is 6.01. The first-order chi connectivity index (χ1) is 8.56. The van der Waals surface area contributed by atoms with Crippen LogP contribution in [0.25, 0.3) is 0 Å². The molecular weight excluding hydrogens is 222 g/mol. The molecule has 0 radical (unpaired) electrons. The minimum absolute atomic E-state index is 0.743. The van der Waals surface area contributed by atoms with E-state index in [1.807, 2.05) is 30.3 Å². The van der Waals surface area contributed by atoms with Gasteiger partial charge in [-0.1, -0.05) is 12.1 Å². The highest BCUT2D eigenvalue weighted by atomic mass is 14.9. The maximum absolute atomic E-state index is 6.00.